The van der Waals surface area contributed by atoms with E-state index in [1.165, 1.54) is 0 Å². The molecule has 0 spiro atoms. The van der Waals surface area contributed by atoms with Crippen LogP contribution in [0.2, 0.25) is 0 Å². The molecule has 0 unspecified atom stereocenters. The third-order valence-corrected chi connectivity index (χ3v) is 2.77. The second-order valence-corrected chi connectivity index (χ2v) is 5.58. The second kappa shape index (κ2) is 9.32. The van der Waals surface area contributed by atoms with Crippen LogP contribution in [0.3, 0.4) is 0 Å². The van der Waals surface area contributed by atoms with Gasteiger partial charge in [-0.3, -0.25) is 0 Å². The normalized spacial score (nSPS) is 11.0. The minimum atomic E-state index is 0.105. The molecule has 0 bridgehead atoms. The molecule has 0 saturated carbocycles. The zero-order valence-corrected chi connectivity index (χ0v) is 12.3. The highest BCUT2D eigenvalue weighted by Crippen LogP contribution is 2.06. The van der Waals surface area contributed by atoms with Gasteiger partial charge in [-0.1, -0.05) is 34.6 Å². The maximum atomic E-state index is 11.9. The van der Waals surface area contributed by atoms with E-state index in [1.54, 1.807) is 0 Å². The summed E-state index contributed by atoms with van der Waals surface area (Å²) in [5.41, 5.74) is 0. The van der Waals surface area contributed by atoms with Gasteiger partial charge in [0.25, 0.3) is 0 Å². The van der Waals surface area contributed by atoms with Crippen LogP contribution in [0.4, 0.5) is 4.79 Å². The summed E-state index contributed by atoms with van der Waals surface area (Å²) in [4.78, 5) is 13.9. The fourth-order valence-electron chi connectivity index (χ4n) is 1.49. The number of hydrogen-bond acceptors (Lipinski definition) is 1. The third-order valence-electron chi connectivity index (χ3n) is 2.77. The highest BCUT2D eigenvalue weighted by Gasteiger charge is 2.13. The van der Waals surface area contributed by atoms with Crippen LogP contribution in [0.5, 0.6) is 0 Å². The van der Waals surface area contributed by atoms with Crippen molar-refractivity contribution in [3.63, 3.8) is 0 Å². The number of amides is 2. The van der Waals surface area contributed by atoms with E-state index in [1.807, 2.05) is 4.90 Å². The monoisotopic (exact) mass is 242 g/mol. The van der Waals surface area contributed by atoms with Crippen molar-refractivity contribution in [1.29, 1.82) is 0 Å². The van der Waals surface area contributed by atoms with Gasteiger partial charge in [0.15, 0.2) is 0 Å². The van der Waals surface area contributed by atoms with Crippen LogP contribution < -0.4 is 5.32 Å². The Hall–Kier alpha value is -0.730. The molecule has 0 aliphatic rings. The number of carbonyl (C=O) groups is 1. The lowest BCUT2D eigenvalue weighted by Gasteiger charge is -2.24. The lowest BCUT2D eigenvalue weighted by molar-refractivity contribution is 0.191. The summed E-state index contributed by atoms with van der Waals surface area (Å²) in [5.74, 6) is 1.30. The van der Waals surface area contributed by atoms with Gasteiger partial charge < -0.3 is 10.2 Å². The molecule has 3 heteroatoms. The van der Waals surface area contributed by atoms with Gasteiger partial charge in [0.1, 0.15) is 0 Å². The Labute approximate surface area is 107 Å². The summed E-state index contributed by atoms with van der Waals surface area (Å²) >= 11 is 0. The molecule has 0 aliphatic heterocycles. The van der Waals surface area contributed by atoms with Crippen molar-refractivity contribution in [3.8, 4) is 0 Å². The number of nitrogens with zero attached hydrogens (tertiary/aromatic N) is 1. The van der Waals surface area contributed by atoms with Gasteiger partial charge in [0, 0.05) is 19.6 Å². The Morgan fingerprint density at radius 1 is 1.06 bits per heavy atom. The number of urea groups is 1. The molecule has 0 aromatic heterocycles. The quantitative estimate of drug-likeness (QED) is 0.694. The van der Waals surface area contributed by atoms with E-state index >= 15 is 0 Å². The van der Waals surface area contributed by atoms with Gasteiger partial charge in [-0.2, -0.15) is 0 Å². The SMILES string of the molecule is CCCNC(=O)N(CCC(C)C)CCC(C)C. The average Bonchev–Trinajstić information content (AvgIpc) is 2.25. The van der Waals surface area contributed by atoms with E-state index in [0.717, 1.165) is 38.9 Å². The van der Waals surface area contributed by atoms with Crippen molar-refractivity contribution in [2.45, 2.75) is 53.9 Å². The first-order chi connectivity index (χ1) is 7.97. The number of rotatable bonds is 8. The van der Waals surface area contributed by atoms with Crippen LogP contribution in [0.25, 0.3) is 0 Å². The van der Waals surface area contributed by atoms with Crippen molar-refractivity contribution >= 4 is 6.03 Å². The lowest BCUT2D eigenvalue weighted by Crippen LogP contribution is -2.42. The Balaban J connectivity index is 4.12. The fraction of sp³-hybridized carbons (Fsp3) is 0.929. The standard InChI is InChI=1S/C14H30N2O/c1-6-9-15-14(17)16(10-7-12(2)3)11-8-13(4)5/h12-13H,6-11H2,1-5H3,(H,15,17). The van der Waals surface area contributed by atoms with Crippen molar-refractivity contribution < 1.29 is 4.79 Å². The molecule has 0 aliphatic carbocycles. The first-order valence-corrected chi connectivity index (χ1v) is 7.00. The van der Waals surface area contributed by atoms with E-state index in [-0.39, 0.29) is 6.03 Å². The largest absolute Gasteiger partial charge is 0.338 e. The third kappa shape index (κ3) is 9.02. The molecule has 0 radical (unpaired) electrons. The molecule has 0 fully saturated rings. The molecule has 102 valence electrons. The van der Waals surface area contributed by atoms with E-state index in [4.69, 9.17) is 0 Å². The van der Waals surface area contributed by atoms with E-state index in [9.17, 15) is 4.79 Å². The van der Waals surface area contributed by atoms with Crippen molar-refractivity contribution in [3.05, 3.63) is 0 Å². The van der Waals surface area contributed by atoms with Crippen LogP contribution in [0.15, 0.2) is 0 Å². The zero-order chi connectivity index (χ0) is 13.3. The second-order valence-electron chi connectivity index (χ2n) is 5.58. The highest BCUT2D eigenvalue weighted by molar-refractivity contribution is 5.74. The first kappa shape index (κ1) is 16.3. The first-order valence-electron chi connectivity index (χ1n) is 7.00. The van der Waals surface area contributed by atoms with Crippen LogP contribution in [-0.4, -0.2) is 30.6 Å². The van der Waals surface area contributed by atoms with Crippen LogP contribution in [0.1, 0.15) is 53.9 Å². The minimum Gasteiger partial charge on any atom is -0.338 e. The molecule has 0 saturated heterocycles. The zero-order valence-electron chi connectivity index (χ0n) is 12.3. The summed E-state index contributed by atoms with van der Waals surface area (Å²) in [5, 5.41) is 2.97. The van der Waals surface area contributed by atoms with E-state index in [0.29, 0.717) is 11.8 Å². The van der Waals surface area contributed by atoms with Crippen LogP contribution in [-0.2, 0) is 0 Å². The predicted octanol–water partition coefficient (Wildman–Crippen LogP) is 3.50. The topological polar surface area (TPSA) is 32.3 Å². The molecule has 0 rings (SSSR count). The van der Waals surface area contributed by atoms with Gasteiger partial charge in [0.2, 0.25) is 0 Å². The van der Waals surface area contributed by atoms with Crippen LogP contribution >= 0.6 is 0 Å². The summed E-state index contributed by atoms with van der Waals surface area (Å²) in [6, 6.07) is 0.105. The fourth-order valence-corrected chi connectivity index (χ4v) is 1.49. The molecule has 0 aromatic rings. The van der Waals surface area contributed by atoms with Crippen LogP contribution in [0, 0.1) is 11.8 Å². The average molecular weight is 242 g/mol. The summed E-state index contributed by atoms with van der Waals surface area (Å²) in [6.45, 7) is 13.4. The maximum Gasteiger partial charge on any atom is 0.317 e. The Kier molecular flexibility index (Phi) is 8.92. The molecule has 1 N–H and O–H groups in total. The molecule has 0 heterocycles. The molecule has 0 aromatic carbocycles. The smallest absolute Gasteiger partial charge is 0.317 e. The minimum absolute atomic E-state index is 0.105. The van der Waals surface area contributed by atoms with E-state index in [2.05, 4.69) is 39.9 Å². The molecule has 17 heavy (non-hydrogen) atoms. The molecule has 3 nitrogen and oxygen atoms in total. The predicted molar refractivity (Wildman–Crippen MR) is 74.2 cm³/mol. The number of hydrogen-bond donors (Lipinski definition) is 1. The Morgan fingerprint density at radius 3 is 1.88 bits per heavy atom. The highest BCUT2D eigenvalue weighted by atomic mass is 16.2. The summed E-state index contributed by atoms with van der Waals surface area (Å²) in [7, 11) is 0. The van der Waals surface area contributed by atoms with Crippen molar-refractivity contribution in [2.24, 2.45) is 11.8 Å². The number of nitrogens with one attached hydrogen (secondary N) is 1. The van der Waals surface area contributed by atoms with Gasteiger partial charge in [-0.15, -0.1) is 0 Å². The van der Waals surface area contributed by atoms with Crippen molar-refractivity contribution in [2.75, 3.05) is 19.6 Å². The van der Waals surface area contributed by atoms with Gasteiger partial charge in [0.05, 0.1) is 0 Å². The maximum absolute atomic E-state index is 11.9. The summed E-state index contributed by atoms with van der Waals surface area (Å²) < 4.78 is 0. The molecular weight excluding hydrogens is 212 g/mol. The summed E-state index contributed by atoms with van der Waals surface area (Å²) in [6.07, 6.45) is 3.16. The van der Waals surface area contributed by atoms with Gasteiger partial charge in [-0.05, 0) is 31.1 Å². The lowest BCUT2D eigenvalue weighted by atomic mass is 10.1. The Bertz CT molecular complexity index is 190. The molecule has 2 amide bonds. The van der Waals surface area contributed by atoms with Crippen molar-refractivity contribution in [1.82, 2.24) is 10.2 Å². The molecule has 0 atom stereocenters. The van der Waals surface area contributed by atoms with Gasteiger partial charge in [-0.25, -0.2) is 4.79 Å². The Morgan fingerprint density at radius 2 is 1.53 bits per heavy atom. The van der Waals surface area contributed by atoms with Gasteiger partial charge >= 0.3 is 6.03 Å². The van der Waals surface area contributed by atoms with E-state index < -0.39 is 0 Å². The number of carbonyl (C=O) groups excluding carboxylic acids is 1. The molecular formula is C14H30N2O.